The van der Waals surface area contributed by atoms with Crippen LogP contribution < -0.4 is 5.32 Å². The van der Waals surface area contributed by atoms with Crippen LogP contribution in [0.4, 0.5) is 5.69 Å². The van der Waals surface area contributed by atoms with Crippen LogP contribution in [-0.2, 0) is 21.4 Å². The fourth-order valence-electron chi connectivity index (χ4n) is 3.28. The molecule has 0 fully saturated rings. The summed E-state index contributed by atoms with van der Waals surface area (Å²) in [6.07, 6.45) is 0. The Hall–Kier alpha value is -3.29. The molecule has 0 heterocycles. The van der Waals surface area contributed by atoms with E-state index >= 15 is 0 Å². The van der Waals surface area contributed by atoms with E-state index in [1.807, 2.05) is 38.1 Å². The minimum atomic E-state index is -3.92. The lowest BCUT2D eigenvalue weighted by Crippen LogP contribution is -2.37. The summed E-state index contributed by atoms with van der Waals surface area (Å²) in [6, 6.07) is 20.6. The summed E-state index contributed by atoms with van der Waals surface area (Å²) in [4.78, 5) is 24.5. The molecule has 0 unspecified atom stereocenters. The number of rotatable bonds is 8. The number of sulfonamides is 1. The predicted octanol–water partition coefficient (Wildman–Crippen LogP) is 4.34. The van der Waals surface area contributed by atoms with Crippen LogP contribution in [0.25, 0.3) is 0 Å². The maximum Gasteiger partial charge on any atom is 0.243 e. The molecule has 3 aromatic rings. The van der Waals surface area contributed by atoms with Crippen molar-refractivity contribution >= 4 is 27.4 Å². The van der Waals surface area contributed by atoms with Crippen LogP contribution in [-0.4, -0.2) is 31.0 Å². The second kappa shape index (κ2) is 9.89. The predicted molar refractivity (Wildman–Crippen MR) is 125 cm³/mol. The zero-order valence-corrected chi connectivity index (χ0v) is 19.1. The molecule has 7 heteroatoms. The number of aryl methyl sites for hydroxylation is 2. The number of anilines is 1. The summed E-state index contributed by atoms with van der Waals surface area (Å²) in [7, 11) is -3.92. The van der Waals surface area contributed by atoms with E-state index in [1.165, 1.54) is 6.92 Å². The van der Waals surface area contributed by atoms with Gasteiger partial charge in [0.25, 0.3) is 0 Å². The minimum absolute atomic E-state index is 0.0544. The number of nitrogens with one attached hydrogen (secondary N) is 1. The first kappa shape index (κ1) is 23.4. The Kier molecular flexibility index (Phi) is 7.22. The van der Waals surface area contributed by atoms with Gasteiger partial charge in [-0.2, -0.15) is 4.31 Å². The monoisotopic (exact) mass is 450 g/mol. The topological polar surface area (TPSA) is 83.6 Å². The third kappa shape index (κ3) is 5.90. The molecule has 0 aromatic heterocycles. The van der Waals surface area contributed by atoms with Crippen molar-refractivity contribution in [3.63, 3.8) is 0 Å². The Bertz CT molecular complexity index is 1230. The van der Waals surface area contributed by atoms with E-state index in [4.69, 9.17) is 0 Å². The van der Waals surface area contributed by atoms with E-state index in [9.17, 15) is 18.0 Å². The highest BCUT2D eigenvalue weighted by Gasteiger charge is 2.27. The lowest BCUT2D eigenvalue weighted by Gasteiger charge is -2.22. The SMILES string of the molecule is CC(=O)c1cccc(NC(=O)CN(Cc2cccc(C)c2)S(=O)(=O)c2ccc(C)cc2)c1. The van der Waals surface area contributed by atoms with Crippen molar-refractivity contribution in [2.45, 2.75) is 32.2 Å². The molecule has 1 N–H and O–H groups in total. The second-order valence-electron chi connectivity index (χ2n) is 7.76. The average molecular weight is 451 g/mol. The fourth-order valence-corrected chi connectivity index (χ4v) is 4.66. The Balaban J connectivity index is 1.88. The van der Waals surface area contributed by atoms with Gasteiger partial charge in [-0.1, -0.05) is 59.7 Å². The van der Waals surface area contributed by atoms with Gasteiger partial charge < -0.3 is 5.32 Å². The molecule has 0 atom stereocenters. The van der Waals surface area contributed by atoms with Crippen LogP contribution in [0.5, 0.6) is 0 Å². The lowest BCUT2D eigenvalue weighted by molar-refractivity contribution is -0.116. The Morgan fingerprint density at radius 3 is 2.22 bits per heavy atom. The van der Waals surface area contributed by atoms with Gasteiger partial charge in [0, 0.05) is 17.8 Å². The van der Waals surface area contributed by atoms with Crippen LogP contribution in [0.3, 0.4) is 0 Å². The molecule has 6 nitrogen and oxygen atoms in total. The molecule has 0 aliphatic heterocycles. The first-order valence-electron chi connectivity index (χ1n) is 10.2. The summed E-state index contributed by atoms with van der Waals surface area (Å²) in [5, 5.41) is 2.70. The van der Waals surface area contributed by atoms with E-state index in [0.29, 0.717) is 11.3 Å². The quantitative estimate of drug-likeness (QED) is 0.518. The number of hydrogen-bond acceptors (Lipinski definition) is 4. The first-order chi connectivity index (χ1) is 15.1. The first-order valence-corrected chi connectivity index (χ1v) is 11.6. The maximum absolute atomic E-state index is 13.4. The highest BCUT2D eigenvalue weighted by atomic mass is 32.2. The second-order valence-corrected chi connectivity index (χ2v) is 9.70. The van der Waals surface area contributed by atoms with Gasteiger partial charge in [0.15, 0.2) is 5.78 Å². The minimum Gasteiger partial charge on any atom is -0.325 e. The molecule has 0 saturated carbocycles. The van der Waals surface area contributed by atoms with Gasteiger partial charge in [-0.15, -0.1) is 0 Å². The molecule has 1 amide bonds. The van der Waals surface area contributed by atoms with Crippen molar-refractivity contribution in [2.24, 2.45) is 0 Å². The Morgan fingerprint density at radius 1 is 0.875 bits per heavy atom. The van der Waals surface area contributed by atoms with Gasteiger partial charge in [-0.3, -0.25) is 9.59 Å². The van der Waals surface area contributed by atoms with E-state index < -0.39 is 15.9 Å². The van der Waals surface area contributed by atoms with E-state index in [1.54, 1.807) is 48.5 Å². The number of carbonyl (C=O) groups excluding carboxylic acids is 2. The van der Waals surface area contributed by atoms with Crippen molar-refractivity contribution in [1.29, 1.82) is 0 Å². The van der Waals surface area contributed by atoms with Gasteiger partial charge in [0.05, 0.1) is 11.4 Å². The zero-order valence-electron chi connectivity index (χ0n) is 18.3. The number of benzene rings is 3. The third-order valence-corrected chi connectivity index (χ3v) is 6.78. The number of ketones is 1. The Morgan fingerprint density at radius 2 is 1.56 bits per heavy atom. The van der Waals surface area contributed by atoms with Crippen LogP contribution in [0.15, 0.2) is 77.7 Å². The molecule has 3 aromatic carbocycles. The van der Waals surface area contributed by atoms with Gasteiger partial charge in [0.2, 0.25) is 15.9 Å². The van der Waals surface area contributed by atoms with E-state index in [-0.39, 0.29) is 23.8 Å². The molecule has 0 aliphatic carbocycles. The highest BCUT2D eigenvalue weighted by molar-refractivity contribution is 7.89. The number of carbonyl (C=O) groups is 2. The molecule has 0 aliphatic rings. The molecule has 0 bridgehead atoms. The smallest absolute Gasteiger partial charge is 0.243 e. The van der Waals surface area contributed by atoms with Crippen LogP contribution in [0, 0.1) is 13.8 Å². The normalized spacial score (nSPS) is 11.4. The zero-order chi connectivity index (χ0) is 23.3. The van der Waals surface area contributed by atoms with Gasteiger partial charge in [-0.05, 0) is 50.6 Å². The largest absolute Gasteiger partial charge is 0.325 e. The maximum atomic E-state index is 13.4. The number of nitrogens with zero attached hydrogens (tertiary/aromatic N) is 1. The molecular formula is C25H26N2O4S. The molecule has 0 saturated heterocycles. The number of amides is 1. The van der Waals surface area contributed by atoms with E-state index in [0.717, 1.165) is 21.0 Å². The molecule has 166 valence electrons. The van der Waals surface area contributed by atoms with E-state index in [2.05, 4.69) is 5.32 Å². The molecular weight excluding hydrogens is 424 g/mol. The lowest BCUT2D eigenvalue weighted by atomic mass is 10.1. The van der Waals surface area contributed by atoms with Crippen molar-refractivity contribution in [3.8, 4) is 0 Å². The van der Waals surface area contributed by atoms with Crippen molar-refractivity contribution in [3.05, 3.63) is 95.1 Å². The van der Waals surface area contributed by atoms with Gasteiger partial charge in [-0.25, -0.2) is 8.42 Å². The summed E-state index contributed by atoms with van der Waals surface area (Å²) >= 11 is 0. The van der Waals surface area contributed by atoms with Crippen LogP contribution >= 0.6 is 0 Å². The summed E-state index contributed by atoms with van der Waals surface area (Å²) in [6.45, 7) is 4.94. The average Bonchev–Trinajstić information content (AvgIpc) is 2.74. The van der Waals surface area contributed by atoms with Crippen LogP contribution in [0.2, 0.25) is 0 Å². The molecule has 0 spiro atoms. The summed E-state index contributed by atoms with van der Waals surface area (Å²) in [5.41, 5.74) is 3.63. The fraction of sp³-hybridized carbons (Fsp3) is 0.200. The summed E-state index contributed by atoms with van der Waals surface area (Å²) < 4.78 is 27.9. The van der Waals surface area contributed by atoms with Gasteiger partial charge in [0.1, 0.15) is 0 Å². The Labute approximate surface area is 188 Å². The molecule has 32 heavy (non-hydrogen) atoms. The standard InChI is InChI=1S/C25H26N2O4S/c1-18-10-12-24(13-11-18)32(30,31)27(16-21-7-4-6-19(2)14-21)17-25(29)26-23-9-5-8-22(15-23)20(3)28/h4-15H,16-17H2,1-3H3,(H,26,29). The van der Waals surface area contributed by atoms with Crippen molar-refractivity contribution in [1.82, 2.24) is 4.31 Å². The number of Topliss-reactive ketones (excluding diaryl/α,β-unsaturated/α-hetero) is 1. The van der Waals surface area contributed by atoms with Gasteiger partial charge >= 0.3 is 0 Å². The highest BCUT2D eigenvalue weighted by Crippen LogP contribution is 2.20. The third-order valence-electron chi connectivity index (χ3n) is 4.97. The molecule has 3 rings (SSSR count). The molecule has 0 radical (unpaired) electrons. The summed E-state index contributed by atoms with van der Waals surface area (Å²) in [5.74, 6) is -0.613. The van der Waals surface area contributed by atoms with Crippen molar-refractivity contribution in [2.75, 3.05) is 11.9 Å². The van der Waals surface area contributed by atoms with Crippen molar-refractivity contribution < 1.29 is 18.0 Å². The number of hydrogen-bond donors (Lipinski definition) is 1. The van der Waals surface area contributed by atoms with Crippen LogP contribution in [0.1, 0.15) is 34.0 Å².